The Hall–Kier alpha value is -2.56. The Labute approximate surface area is 189 Å². The van der Waals surface area contributed by atoms with E-state index in [9.17, 15) is 4.79 Å². The number of anilines is 1. The van der Waals surface area contributed by atoms with E-state index in [2.05, 4.69) is 25.7 Å². The molecular weight excluding hydrogens is 440 g/mol. The van der Waals surface area contributed by atoms with Crippen molar-refractivity contribution in [2.45, 2.75) is 18.6 Å². The van der Waals surface area contributed by atoms with Crippen LogP contribution in [-0.2, 0) is 16.1 Å². The Morgan fingerprint density at radius 2 is 2.03 bits per heavy atom. The zero-order valence-corrected chi connectivity index (χ0v) is 19.0. The number of fused-ring (bicyclic) bond motifs is 1. The number of hydrogen-bond acceptors (Lipinski definition) is 8. The number of ether oxygens (including phenoxy) is 2. The number of nitrogens with one attached hydrogen (secondary N) is 2. The van der Waals surface area contributed by atoms with E-state index in [4.69, 9.17) is 21.1 Å². The summed E-state index contributed by atoms with van der Waals surface area (Å²) >= 11 is 7.30. The first kappa shape index (κ1) is 23.1. The molecule has 0 radical (unpaired) electrons. The van der Waals surface area contributed by atoms with E-state index in [1.165, 1.54) is 11.8 Å². The normalized spacial score (nSPS) is 10.9. The minimum Gasteiger partial charge on any atom is -0.484 e. The number of amides is 1. The summed E-state index contributed by atoms with van der Waals surface area (Å²) in [5, 5.41) is 12.6. The summed E-state index contributed by atoms with van der Waals surface area (Å²) in [5.41, 5.74) is 0.713. The van der Waals surface area contributed by atoms with Crippen molar-refractivity contribution in [1.82, 2.24) is 25.1 Å². The van der Waals surface area contributed by atoms with Gasteiger partial charge in [-0.2, -0.15) is 5.10 Å². The number of carbonyl (C=O) groups excluding carboxylic acids is 1. The highest BCUT2D eigenvalue weighted by Crippen LogP contribution is 2.23. The lowest BCUT2D eigenvalue weighted by Gasteiger charge is -2.10. The number of aromatic nitrogens is 4. The van der Waals surface area contributed by atoms with Crippen LogP contribution in [0.3, 0.4) is 0 Å². The predicted molar refractivity (Wildman–Crippen MR) is 122 cm³/mol. The maximum absolute atomic E-state index is 12.1. The van der Waals surface area contributed by atoms with Crippen LogP contribution in [0.2, 0.25) is 5.02 Å². The van der Waals surface area contributed by atoms with Crippen molar-refractivity contribution < 1.29 is 14.3 Å². The van der Waals surface area contributed by atoms with Gasteiger partial charge in [-0.3, -0.25) is 4.79 Å². The lowest BCUT2D eigenvalue weighted by atomic mass is 10.3. The number of halogens is 1. The van der Waals surface area contributed by atoms with Gasteiger partial charge in [0.1, 0.15) is 11.6 Å². The highest BCUT2D eigenvalue weighted by atomic mass is 35.5. The summed E-state index contributed by atoms with van der Waals surface area (Å²) < 4.78 is 12.6. The van der Waals surface area contributed by atoms with Crippen molar-refractivity contribution in [3.8, 4) is 5.75 Å². The second kappa shape index (κ2) is 11.7. The molecule has 3 aromatic rings. The highest BCUT2D eigenvalue weighted by Gasteiger charge is 2.13. The van der Waals surface area contributed by atoms with Gasteiger partial charge in [0.15, 0.2) is 17.4 Å². The summed E-state index contributed by atoms with van der Waals surface area (Å²) in [4.78, 5) is 21.2. The number of benzene rings is 1. The molecule has 3 rings (SSSR count). The molecule has 0 fully saturated rings. The smallest absolute Gasteiger partial charge is 0.258 e. The van der Waals surface area contributed by atoms with E-state index in [1.807, 2.05) is 13.2 Å². The van der Waals surface area contributed by atoms with Gasteiger partial charge in [-0.1, -0.05) is 23.4 Å². The van der Waals surface area contributed by atoms with Gasteiger partial charge < -0.3 is 20.1 Å². The summed E-state index contributed by atoms with van der Waals surface area (Å²) in [6, 6.07) is 6.85. The Kier molecular flexibility index (Phi) is 8.74. The van der Waals surface area contributed by atoms with Crippen LogP contribution in [0.1, 0.15) is 6.92 Å². The lowest BCUT2D eigenvalue weighted by molar-refractivity contribution is -0.123. The molecule has 0 aliphatic carbocycles. The fourth-order valence-electron chi connectivity index (χ4n) is 2.74. The second-order valence-corrected chi connectivity index (χ2v) is 7.59. The Balaban J connectivity index is 1.55. The Morgan fingerprint density at radius 3 is 2.77 bits per heavy atom. The minimum atomic E-state index is -0.218. The maximum atomic E-state index is 12.1. The third kappa shape index (κ3) is 6.71. The molecular formula is C20H25ClN6O3S. The van der Waals surface area contributed by atoms with E-state index in [1.54, 1.807) is 35.1 Å². The molecule has 0 aliphatic heterocycles. The first-order chi connectivity index (χ1) is 15.1. The van der Waals surface area contributed by atoms with E-state index in [0.29, 0.717) is 54.4 Å². The van der Waals surface area contributed by atoms with Gasteiger partial charge in [0, 0.05) is 24.7 Å². The third-order valence-corrected chi connectivity index (χ3v) is 5.03. The molecule has 0 saturated carbocycles. The first-order valence-corrected chi connectivity index (χ1v) is 11.4. The van der Waals surface area contributed by atoms with Crippen LogP contribution in [-0.4, -0.2) is 64.8 Å². The molecule has 0 aliphatic rings. The first-order valence-electron chi connectivity index (χ1n) is 9.85. The average Bonchev–Trinajstić information content (AvgIpc) is 3.19. The topological polar surface area (TPSA) is 103 Å². The lowest BCUT2D eigenvalue weighted by Crippen LogP contribution is -2.31. The van der Waals surface area contributed by atoms with Crippen molar-refractivity contribution in [2.24, 2.45) is 0 Å². The molecule has 0 saturated heterocycles. The minimum absolute atomic E-state index is 0.0752. The van der Waals surface area contributed by atoms with Crippen molar-refractivity contribution >= 4 is 46.1 Å². The van der Waals surface area contributed by atoms with Gasteiger partial charge in [-0.05, 0) is 37.4 Å². The molecule has 1 aromatic carbocycles. The van der Waals surface area contributed by atoms with Crippen LogP contribution in [0.25, 0.3) is 11.0 Å². The van der Waals surface area contributed by atoms with Gasteiger partial charge in [-0.15, -0.1) is 0 Å². The molecule has 2 N–H and O–H groups in total. The van der Waals surface area contributed by atoms with Crippen LogP contribution >= 0.6 is 23.4 Å². The van der Waals surface area contributed by atoms with Gasteiger partial charge in [0.25, 0.3) is 5.91 Å². The van der Waals surface area contributed by atoms with Crippen molar-refractivity contribution in [3.05, 3.63) is 35.5 Å². The van der Waals surface area contributed by atoms with E-state index < -0.39 is 0 Å². The zero-order valence-electron chi connectivity index (χ0n) is 17.4. The van der Waals surface area contributed by atoms with E-state index in [-0.39, 0.29) is 12.5 Å². The Bertz CT molecular complexity index is 998. The van der Waals surface area contributed by atoms with E-state index >= 15 is 0 Å². The fourth-order valence-corrected chi connectivity index (χ4v) is 3.23. The predicted octanol–water partition coefficient (Wildman–Crippen LogP) is 2.85. The standard InChI is InChI=1S/C20H25ClN6O3S/c1-3-29-11-9-23-18-16-12-24-27(19(16)26-20(25-18)31-2)10-8-22-17(28)13-30-15-6-4-14(21)5-7-15/h4-7,12H,3,8-11,13H2,1-2H3,(H,22,28)(H,23,25,26). The molecule has 0 spiro atoms. The second-order valence-electron chi connectivity index (χ2n) is 6.38. The monoisotopic (exact) mass is 464 g/mol. The number of rotatable bonds is 12. The van der Waals surface area contributed by atoms with Gasteiger partial charge in [-0.25, -0.2) is 14.6 Å². The average molecular weight is 465 g/mol. The maximum Gasteiger partial charge on any atom is 0.258 e. The quantitative estimate of drug-likeness (QED) is 0.239. The van der Waals surface area contributed by atoms with Gasteiger partial charge >= 0.3 is 0 Å². The molecule has 1 amide bonds. The van der Waals surface area contributed by atoms with Crippen molar-refractivity contribution in [2.75, 3.05) is 44.5 Å². The summed E-state index contributed by atoms with van der Waals surface area (Å²) in [6.45, 7) is 4.66. The van der Waals surface area contributed by atoms with Crippen LogP contribution < -0.4 is 15.4 Å². The highest BCUT2D eigenvalue weighted by molar-refractivity contribution is 7.98. The largest absolute Gasteiger partial charge is 0.484 e. The fraction of sp³-hybridized carbons (Fsp3) is 0.400. The van der Waals surface area contributed by atoms with Crippen LogP contribution in [0.5, 0.6) is 5.75 Å². The van der Waals surface area contributed by atoms with Crippen LogP contribution in [0.4, 0.5) is 5.82 Å². The zero-order chi connectivity index (χ0) is 22.1. The Morgan fingerprint density at radius 1 is 1.23 bits per heavy atom. The number of nitrogens with zero attached hydrogens (tertiary/aromatic N) is 4. The molecule has 166 valence electrons. The van der Waals surface area contributed by atoms with Crippen LogP contribution in [0, 0.1) is 0 Å². The summed E-state index contributed by atoms with van der Waals surface area (Å²) in [6.07, 6.45) is 3.65. The number of hydrogen-bond donors (Lipinski definition) is 2. The van der Waals surface area contributed by atoms with Crippen molar-refractivity contribution in [3.63, 3.8) is 0 Å². The van der Waals surface area contributed by atoms with Gasteiger partial charge in [0.05, 0.1) is 24.7 Å². The molecule has 0 bridgehead atoms. The van der Waals surface area contributed by atoms with Crippen molar-refractivity contribution in [1.29, 1.82) is 0 Å². The summed E-state index contributed by atoms with van der Waals surface area (Å²) in [5.74, 6) is 1.09. The molecule has 2 heterocycles. The number of carbonyl (C=O) groups is 1. The van der Waals surface area contributed by atoms with Crippen LogP contribution in [0.15, 0.2) is 35.6 Å². The molecule has 0 atom stereocenters. The number of thioether (sulfide) groups is 1. The molecule has 9 nitrogen and oxygen atoms in total. The molecule has 11 heteroatoms. The SMILES string of the molecule is CCOCCNc1nc(SC)nc2c1cnn2CCNC(=O)COc1ccc(Cl)cc1. The third-order valence-electron chi connectivity index (χ3n) is 4.23. The molecule has 2 aromatic heterocycles. The molecule has 0 unspecified atom stereocenters. The molecule has 31 heavy (non-hydrogen) atoms. The van der Waals surface area contributed by atoms with E-state index in [0.717, 1.165) is 11.2 Å². The van der Waals surface area contributed by atoms with Gasteiger partial charge in [0.2, 0.25) is 0 Å². The summed E-state index contributed by atoms with van der Waals surface area (Å²) in [7, 11) is 0.